The average Bonchev–Trinajstić information content (AvgIpc) is 2.67. The molecule has 0 radical (unpaired) electrons. The number of hydrogen-bond donors (Lipinski definition) is 2. The molecule has 2 N–H and O–H groups in total. The van der Waals surface area contributed by atoms with Gasteiger partial charge < -0.3 is 15.2 Å². The summed E-state index contributed by atoms with van der Waals surface area (Å²) < 4.78 is 6.18. The molecule has 0 aliphatic carbocycles. The third-order valence-electron chi connectivity index (χ3n) is 5.52. The van der Waals surface area contributed by atoms with Crippen LogP contribution in [0.2, 0.25) is 5.02 Å². The van der Waals surface area contributed by atoms with E-state index in [9.17, 15) is 9.90 Å². The molecule has 1 saturated heterocycles. The lowest BCUT2D eigenvalue weighted by atomic mass is 9.77. The van der Waals surface area contributed by atoms with Crippen molar-refractivity contribution in [2.24, 2.45) is 5.92 Å². The number of carboxylic acids is 1. The Kier molecular flexibility index (Phi) is 4.63. The summed E-state index contributed by atoms with van der Waals surface area (Å²) in [6, 6.07) is 11.5. The number of carbonyl (C=O) groups is 1. The monoisotopic (exact) mass is 371 g/mol. The van der Waals surface area contributed by atoms with Gasteiger partial charge in [-0.1, -0.05) is 36.7 Å². The summed E-state index contributed by atoms with van der Waals surface area (Å²) in [4.78, 5) is 11.2. The van der Waals surface area contributed by atoms with Crippen molar-refractivity contribution in [1.29, 1.82) is 0 Å². The fourth-order valence-corrected chi connectivity index (χ4v) is 4.46. The number of hydrogen-bond acceptors (Lipinski definition) is 3. The van der Waals surface area contributed by atoms with Crippen LogP contribution in [0, 0.1) is 5.92 Å². The normalized spacial score (nSPS) is 24.3. The number of nitrogens with one attached hydrogen (secondary N) is 1. The predicted molar refractivity (Wildman–Crippen MR) is 102 cm³/mol. The van der Waals surface area contributed by atoms with E-state index in [-0.39, 0.29) is 23.6 Å². The Bertz CT molecular complexity index is 851. The van der Waals surface area contributed by atoms with Crippen molar-refractivity contribution >= 4 is 23.3 Å². The molecule has 3 atom stereocenters. The molecule has 0 unspecified atom stereocenters. The summed E-state index contributed by atoms with van der Waals surface area (Å²) in [5.41, 5.74) is 4.75. The maximum Gasteiger partial charge on any atom is 0.335 e. The molecule has 136 valence electrons. The van der Waals surface area contributed by atoms with E-state index in [4.69, 9.17) is 16.3 Å². The first kappa shape index (κ1) is 17.4. The number of aryl methyl sites for hydroxylation is 1. The molecule has 5 heteroatoms. The number of carboxylic acid groups (broad SMARTS) is 1. The fourth-order valence-electron chi connectivity index (χ4n) is 4.16. The fraction of sp³-hybridized carbons (Fsp3) is 0.381. The van der Waals surface area contributed by atoms with Crippen LogP contribution in [0.1, 0.15) is 59.0 Å². The Morgan fingerprint density at radius 3 is 2.85 bits per heavy atom. The van der Waals surface area contributed by atoms with E-state index < -0.39 is 5.97 Å². The molecular weight excluding hydrogens is 350 g/mol. The SMILES string of the molecule is CCc1ccc2c(c1)[C@@H]1OCCC[C@@H]1[C@@H](c1ccc(C(=O)O)cc1Cl)N2. The highest BCUT2D eigenvalue weighted by atomic mass is 35.5. The number of rotatable bonds is 3. The molecule has 0 bridgehead atoms. The summed E-state index contributed by atoms with van der Waals surface area (Å²) in [6.07, 6.45) is 3.12. The number of aromatic carboxylic acids is 1. The van der Waals surface area contributed by atoms with Gasteiger partial charge in [-0.3, -0.25) is 0 Å². The van der Waals surface area contributed by atoms with Gasteiger partial charge in [0.25, 0.3) is 0 Å². The van der Waals surface area contributed by atoms with Crippen LogP contribution in [0.15, 0.2) is 36.4 Å². The first-order valence-electron chi connectivity index (χ1n) is 9.12. The van der Waals surface area contributed by atoms with E-state index in [1.54, 1.807) is 6.07 Å². The van der Waals surface area contributed by atoms with Crippen molar-refractivity contribution in [2.45, 2.75) is 38.3 Å². The van der Waals surface area contributed by atoms with Gasteiger partial charge in [0.05, 0.1) is 17.7 Å². The van der Waals surface area contributed by atoms with Crippen molar-refractivity contribution in [3.05, 3.63) is 63.7 Å². The van der Waals surface area contributed by atoms with E-state index in [2.05, 4.69) is 30.4 Å². The molecule has 2 aromatic carbocycles. The van der Waals surface area contributed by atoms with Gasteiger partial charge >= 0.3 is 5.97 Å². The van der Waals surface area contributed by atoms with E-state index in [1.807, 2.05) is 6.07 Å². The van der Waals surface area contributed by atoms with Crippen LogP contribution in [0.5, 0.6) is 0 Å². The maximum atomic E-state index is 11.2. The molecule has 0 aromatic heterocycles. The average molecular weight is 372 g/mol. The van der Waals surface area contributed by atoms with Crippen molar-refractivity contribution < 1.29 is 14.6 Å². The third kappa shape index (κ3) is 2.97. The first-order valence-corrected chi connectivity index (χ1v) is 9.50. The third-order valence-corrected chi connectivity index (χ3v) is 5.85. The van der Waals surface area contributed by atoms with Gasteiger partial charge in [0.1, 0.15) is 0 Å². The van der Waals surface area contributed by atoms with Crippen LogP contribution in [-0.2, 0) is 11.2 Å². The lowest BCUT2D eigenvalue weighted by molar-refractivity contribution is -0.0381. The molecule has 0 spiro atoms. The van der Waals surface area contributed by atoms with Crippen molar-refractivity contribution in [2.75, 3.05) is 11.9 Å². The van der Waals surface area contributed by atoms with Crippen LogP contribution in [0.3, 0.4) is 0 Å². The molecule has 2 aliphatic heterocycles. The highest BCUT2D eigenvalue weighted by molar-refractivity contribution is 6.31. The van der Waals surface area contributed by atoms with Gasteiger partial charge in [-0.05, 0) is 48.6 Å². The number of halogens is 1. The second-order valence-corrected chi connectivity index (χ2v) is 7.44. The minimum absolute atomic E-state index is 0.00983. The second-order valence-electron chi connectivity index (χ2n) is 7.04. The van der Waals surface area contributed by atoms with E-state index >= 15 is 0 Å². The molecule has 1 fully saturated rings. The zero-order chi connectivity index (χ0) is 18.3. The highest BCUT2D eigenvalue weighted by Crippen LogP contribution is 2.50. The first-order chi connectivity index (χ1) is 12.6. The van der Waals surface area contributed by atoms with Crippen LogP contribution in [0.25, 0.3) is 0 Å². The van der Waals surface area contributed by atoms with Gasteiger partial charge in [-0.25, -0.2) is 4.79 Å². The van der Waals surface area contributed by atoms with Crippen LogP contribution in [0.4, 0.5) is 5.69 Å². The summed E-state index contributed by atoms with van der Waals surface area (Å²) in [5.74, 6) is -0.692. The molecule has 0 amide bonds. The molecule has 26 heavy (non-hydrogen) atoms. The Hall–Kier alpha value is -2.04. The summed E-state index contributed by atoms with van der Waals surface area (Å²) in [5, 5.41) is 13.3. The minimum atomic E-state index is -0.966. The molecule has 2 aliphatic rings. The number of benzene rings is 2. The second kappa shape index (κ2) is 6.93. The zero-order valence-corrected chi connectivity index (χ0v) is 15.4. The van der Waals surface area contributed by atoms with Crippen molar-refractivity contribution in [3.8, 4) is 0 Å². The molecule has 4 nitrogen and oxygen atoms in total. The van der Waals surface area contributed by atoms with E-state index in [1.165, 1.54) is 17.2 Å². The van der Waals surface area contributed by atoms with Crippen molar-refractivity contribution in [1.82, 2.24) is 0 Å². The summed E-state index contributed by atoms with van der Waals surface area (Å²) >= 11 is 6.47. The van der Waals surface area contributed by atoms with E-state index in [0.29, 0.717) is 5.02 Å². The molecule has 2 heterocycles. The predicted octanol–water partition coefficient (Wildman–Crippen LogP) is 5.24. The maximum absolute atomic E-state index is 11.2. The van der Waals surface area contributed by atoms with Crippen LogP contribution in [-0.4, -0.2) is 17.7 Å². The largest absolute Gasteiger partial charge is 0.478 e. The Morgan fingerprint density at radius 1 is 1.27 bits per heavy atom. The Balaban J connectivity index is 1.76. The molecule has 2 aromatic rings. The summed E-state index contributed by atoms with van der Waals surface area (Å²) in [7, 11) is 0. The molecule has 4 rings (SSSR count). The zero-order valence-electron chi connectivity index (χ0n) is 14.7. The Morgan fingerprint density at radius 2 is 2.12 bits per heavy atom. The van der Waals surface area contributed by atoms with Gasteiger partial charge in [-0.2, -0.15) is 0 Å². The number of ether oxygens (including phenoxy) is 1. The smallest absolute Gasteiger partial charge is 0.335 e. The van der Waals surface area contributed by atoms with Gasteiger partial charge in [0, 0.05) is 28.8 Å². The Labute approximate surface area is 158 Å². The highest BCUT2D eigenvalue weighted by Gasteiger charge is 2.40. The minimum Gasteiger partial charge on any atom is -0.478 e. The number of anilines is 1. The van der Waals surface area contributed by atoms with Gasteiger partial charge in [0.15, 0.2) is 0 Å². The van der Waals surface area contributed by atoms with Crippen LogP contribution >= 0.6 is 11.6 Å². The molecular formula is C21H22ClNO3. The number of fused-ring (bicyclic) bond motifs is 3. The van der Waals surface area contributed by atoms with Crippen molar-refractivity contribution in [3.63, 3.8) is 0 Å². The lowest BCUT2D eigenvalue weighted by Crippen LogP contribution is -2.36. The standard InChI is InChI=1S/C21H22ClNO3/c1-2-12-5-8-18-16(10-12)20-15(4-3-9-26-20)19(23-18)14-7-6-13(21(24)25)11-17(14)22/h5-8,10-11,15,19-20,23H,2-4,9H2,1H3,(H,24,25)/t15-,19-,20-/m1/s1. The van der Waals surface area contributed by atoms with Gasteiger partial charge in [-0.15, -0.1) is 0 Å². The van der Waals surface area contributed by atoms with E-state index in [0.717, 1.165) is 37.1 Å². The lowest BCUT2D eigenvalue weighted by Gasteiger charge is -2.43. The van der Waals surface area contributed by atoms with Crippen LogP contribution < -0.4 is 5.32 Å². The van der Waals surface area contributed by atoms with Gasteiger partial charge in [0.2, 0.25) is 0 Å². The summed E-state index contributed by atoms with van der Waals surface area (Å²) in [6.45, 7) is 2.93. The topological polar surface area (TPSA) is 58.6 Å². The molecule has 0 saturated carbocycles. The quantitative estimate of drug-likeness (QED) is 0.775.